The molecule has 0 bridgehead atoms. The van der Waals surface area contributed by atoms with Crippen LogP contribution in [0.2, 0.25) is 0 Å². The van der Waals surface area contributed by atoms with Crippen LogP contribution in [0.15, 0.2) is 24.3 Å². The van der Waals surface area contributed by atoms with Crippen LogP contribution in [-0.2, 0) is 11.2 Å². The van der Waals surface area contributed by atoms with E-state index in [4.69, 9.17) is 0 Å². The first-order valence-corrected chi connectivity index (χ1v) is 6.32. The summed E-state index contributed by atoms with van der Waals surface area (Å²) in [5.41, 5.74) is 1.47. The van der Waals surface area contributed by atoms with E-state index in [-0.39, 0.29) is 5.78 Å². The molecule has 2 heteroatoms. The number of hydrogen-bond donors (Lipinski definition) is 1. The van der Waals surface area contributed by atoms with Crippen LogP contribution in [0.4, 0.5) is 0 Å². The molecule has 0 radical (unpaired) electrons. The first-order chi connectivity index (χ1) is 7.98. The van der Waals surface area contributed by atoms with Crippen molar-refractivity contribution in [2.75, 3.05) is 0 Å². The van der Waals surface area contributed by atoms with Gasteiger partial charge in [0, 0.05) is 6.42 Å². The number of carbonyl (C=O) groups is 1. The summed E-state index contributed by atoms with van der Waals surface area (Å²) in [5, 5.41) is 9.72. The molecule has 2 rings (SSSR count). The van der Waals surface area contributed by atoms with E-state index in [1.807, 2.05) is 6.07 Å². The Morgan fingerprint density at radius 1 is 1.41 bits per heavy atom. The van der Waals surface area contributed by atoms with Gasteiger partial charge in [0.05, 0.1) is 0 Å². The van der Waals surface area contributed by atoms with Crippen molar-refractivity contribution in [2.24, 2.45) is 0 Å². The molecule has 1 atom stereocenters. The number of fused-ring (bicyclic) bond motifs is 1. The Labute approximate surface area is 103 Å². The van der Waals surface area contributed by atoms with Crippen LogP contribution in [0.25, 0.3) is 0 Å². The summed E-state index contributed by atoms with van der Waals surface area (Å²) in [4.78, 5) is 11.9. The van der Waals surface area contributed by atoms with E-state index < -0.39 is 5.60 Å². The molecule has 0 saturated heterocycles. The SMILES string of the molecule is CC(C)(O)C(=O)CC1CCCc2ccccc21. The molecule has 2 nitrogen and oxygen atoms in total. The maximum atomic E-state index is 11.9. The summed E-state index contributed by atoms with van der Waals surface area (Å²) in [6, 6.07) is 8.36. The van der Waals surface area contributed by atoms with Crippen LogP contribution in [0.3, 0.4) is 0 Å². The number of aryl methyl sites for hydroxylation is 1. The van der Waals surface area contributed by atoms with E-state index in [2.05, 4.69) is 18.2 Å². The van der Waals surface area contributed by atoms with Crippen LogP contribution in [0, 0.1) is 0 Å². The maximum absolute atomic E-state index is 11.9. The molecule has 17 heavy (non-hydrogen) atoms. The zero-order chi connectivity index (χ0) is 12.5. The van der Waals surface area contributed by atoms with Crippen molar-refractivity contribution in [1.29, 1.82) is 0 Å². The Balaban J connectivity index is 2.17. The highest BCUT2D eigenvalue weighted by Crippen LogP contribution is 2.34. The second-order valence-electron chi connectivity index (χ2n) is 5.47. The van der Waals surface area contributed by atoms with Crippen molar-refractivity contribution >= 4 is 5.78 Å². The second kappa shape index (κ2) is 4.61. The van der Waals surface area contributed by atoms with E-state index in [9.17, 15) is 9.90 Å². The van der Waals surface area contributed by atoms with Gasteiger partial charge >= 0.3 is 0 Å². The fourth-order valence-corrected chi connectivity index (χ4v) is 2.54. The van der Waals surface area contributed by atoms with Crippen molar-refractivity contribution in [3.05, 3.63) is 35.4 Å². The third-order valence-corrected chi connectivity index (χ3v) is 3.61. The van der Waals surface area contributed by atoms with Gasteiger partial charge in [-0.05, 0) is 50.2 Å². The van der Waals surface area contributed by atoms with Crippen molar-refractivity contribution in [3.8, 4) is 0 Å². The largest absolute Gasteiger partial charge is 0.383 e. The van der Waals surface area contributed by atoms with Gasteiger partial charge in [0.15, 0.2) is 5.78 Å². The molecule has 0 amide bonds. The highest BCUT2D eigenvalue weighted by Gasteiger charge is 2.29. The molecule has 0 aromatic heterocycles. The quantitative estimate of drug-likeness (QED) is 0.870. The number of Topliss-reactive ketones (excluding diaryl/α,β-unsaturated/α-hetero) is 1. The van der Waals surface area contributed by atoms with Crippen molar-refractivity contribution < 1.29 is 9.90 Å². The van der Waals surface area contributed by atoms with Crippen LogP contribution in [0.5, 0.6) is 0 Å². The first-order valence-electron chi connectivity index (χ1n) is 6.32. The van der Waals surface area contributed by atoms with E-state index >= 15 is 0 Å². The summed E-state index contributed by atoms with van der Waals surface area (Å²) < 4.78 is 0. The molecule has 1 aromatic rings. The molecular formula is C15H20O2. The minimum atomic E-state index is -1.20. The standard InChI is InChI=1S/C15H20O2/c1-15(2,17)14(16)10-12-8-5-7-11-6-3-4-9-13(11)12/h3-4,6,9,12,17H,5,7-8,10H2,1-2H3. The highest BCUT2D eigenvalue weighted by atomic mass is 16.3. The predicted molar refractivity (Wildman–Crippen MR) is 68.0 cm³/mol. The number of hydrogen-bond acceptors (Lipinski definition) is 2. The second-order valence-corrected chi connectivity index (χ2v) is 5.47. The van der Waals surface area contributed by atoms with Gasteiger partial charge in [-0.1, -0.05) is 24.3 Å². The van der Waals surface area contributed by atoms with Gasteiger partial charge in [-0.3, -0.25) is 4.79 Å². The fourth-order valence-electron chi connectivity index (χ4n) is 2.54. The van der Waals surface area contributed by atoms with E-state index in [1.165, 1.54) is 11.1 Å². The van der Waals surface area contributed by atoms with Gasteiger partial charge in [-0.25, -0.2) is 0 Å². The molecule has 1 aromatic carbocycles. The lowest BCUT2D eigenvalue weighted by Crippen LogP contribution is -2.32. The Morgan fingerprint density at radius 2 is 2.12 bits per heavy atom. The van der Waals surface area contributed by atoms with Crippen LogP contribution < -0.4 is 0 Å². The Hall–Kier alpha value is -1.15. The zero-order valence-corrected chi connectivity index (χ0v) is 10.6. The van der Waals surface area contributed by atoms with E-state index in [0.29, 0.717) is 12.3 Å². The van der Waals surface area contributed by atoms with Gasteiger partial charge in [-0.15, -0.1) is 0 Å². The lowest BCUT2D eigenvalue weighted by molar-refractivity contribution is -0.134. The molecule has 1 aliphatic rings. The molecule has 0 spiro atoms. The lowest BCUT2D eigenvalue weighted by atomic mass is 9.79. The minimum Gasteiger partial charge on any atom is -0.383 e. The number of carbonyl (C=O) groups excluding carboxylic acids is 1. The van der Waals surface area contributed by atoms with Gasteiger partial charge in [-0.2, -0.15) is 0 Å². The van der Waals surface area contributed by atoms with Gasteiger partial charge < -0.3 is 5.11 Å². The van der Waals surface area contributed by atoms with Crippen LogP contribution >= 0.6 is 0 Å². The van der Waals surface area contributed by atoms with Gasteiger partial charge in [0.25, 0.3) is 0 Å². The van der Waals surface area contributed by atoms with Gasteiger partial charge in [0.2, 0.25) is 0 Å². The van der Waals surface area contributed by atoms with Gasteiger partial charge in [0.1, 0.15) is 5.60 Å². The normalized spacial score (nSPS) is 19.8. The molecule has 0 saturated carbocycles. The zero-order valence-electron chi connectivity index (χ0n) is 10.6. The molecular weight excluding hydrogens is 212 g/mol. The van der Waals surface area contributed by atoms with Crippen molar-refractivity contribution in [1.82, 2.24) is 0 Å². The summed E-state index contributed by atoms with van der Waals surface area (Å²) in [7, 11) is 0. The molecule has 1 N–H and O–H groups in total. The maximum Gasteiger partial charge on any atom is 0.164 e. The predicted octanol–water partition coefficient (Wildman–Crippen LogP) is 2.84. The molecule has 1 aliphatic carbocycles. The molecule has 1 unspecified atom stereocenters. The smallest absolute Gasteiger partial charge is 0.164 e. The first kappa shape index (κ1) is 12.3. The number of rotatable bonds is 3. The fraction of sp³-hybridized carbons (Fsp3) is 0.533. The molecule has 0 heterocycles. The minimum absolute atomic E-state index is 0.0563. The molecule has 92 valence electrons. The van der Waals surface area contributed by atoms with Crippen molar-refractivity contribution in [2.45, 2.75) is 51.0 Å². The number of ketones is 1. The van der Waals surface area contributed by atoms with E-state index in [0.717, 1.165) is 19.3 Å². The average Bonchev–Trinajstić information content (AvgIpc) is 2.28. The molecule has 0 fully saturated rings. The Kier molecular flexibility index (Phi) is 3.34. The van der Waals surface area contributed by atoms with Crippen LogP contribution in [-0.4, -0.2) is 16.5 Å². The number of benzene rings is 1. The molecule has 0 aliphatic heterocycles. The number of aliphatic hydroxyl groups is 1. The third kappa shape index (κ3) is 2.75. The topological polar surface area (TPSA) is 37.3 Å². The summed E-state index contributed by atoms with van der Waals surface area (Å²) in [6.45, 7) is 3.15. The highest BCUT2D eigenvalue weighted by molar-refractivity contribution is 5.86. The Morgan fingerprint density at radius 3 is 2.82 bits per heavy atom. The van der Waals surface area contributed by atoms with Crippen molar-refractivity contribution in [3.63, 3.8) is 0 Å². The average molecular weight is 232 g/mol. The van der Waals surface area contributed by atoms with Crippen LogP contribution in [0.1, 0.15) is 50.2 Å². The summed E-state index contributed by atoms with van der Waals surface area (Å²) in [6.07, 6.45) is 3.77. The van der Waals surface area contributed by atoms with E-state index in [1.54, 1.807) is 13.8 Å². The Bertz CT molecular complexity index is 415. The third-order valence-electron chi connectivity index (χ3n) is 3.61. The monoisotopic (exact) mass is 232 g/mol. The summed E-state index contributed by atoms with van der Waals surface area (Å²) in [5.74, 6) is 0.234. The summed E-state index contributed by atoms with van der Waals surface area (Å²) >= 11 is 0. The lowest BCUT2D eigenvalue weighted by Gasteiger charge is -2.27.